The van der Waals surface area contributed by atoms with Crippen LogP contribution in [0.25, 0.3) is 10.8 Å². The van der Waals surface area contributed by atoms with Crippen LogP contribution >= 0.6 is 0 Å². The molecule has 0 aliphatic heterocycles. The first-order valence-corrected chi connectivity index (χ1v) is 13.4. The fourth-order valence-electron chi connectivity index (χ4n) is 4.66. The average molecular weight is 505 g/mol. The minimum absolute atomic E-state index is 0.210. The molecule has 194 valence electrons. The first kappa shape index (κ1) is 26.8. The number of hydrogen-bond donors (Lipinski definition) is 0. The van der Waals surface area contributed by atoms with Crippen LogP contribution in [0.4, 0.5) is 13.2 Å². The van der Waals surface area contributed by atoms with E-state index in [-0.39, 0.29) is 17.5 Å². The Morgan fingerprint density at radius 2 is 1.32 bits per heavy atom. The van der Waals surface area contributed by atoms with Gasteiger partial charge >= 0.3 is 0 Å². The molecule has 4 aromatic carbocycles. The quantitative estimate of drug-likeness (QED) is 0.165. The Bertz CT molecular complexity index is 1300. The van der Waals surface area contributed by atoms with Gasteiger partial charge in [0.1, 0.15) is 23.2 Å². The highest BCUT2D eigenvalue weighted by Crippen LogP contribution is 2.25. The lowest BCUT2D eigenvalue weighted by Crippen LogP contribution is -2.00. The fraction of sp³-hybridized carbons (Fsp3) is 0.333. The van der Waals surface area contributed by atoms with Crippen molar-refractivity contribution in [1.82, 2.24) is 0 Å². The van der Waals surface area contributed by atoms with E-state index >= 15 is 4.39 Å². The third kappa shape index (κ3) is 7.61. The van der Waals surface area contributed by atoms with Crippen molar-refractivity contribution in [2.24, 2.45) is 0 Å². The van der Waals surface area contributed by atoms with Crippen molar-refractivity contribution < 1.29 is 17.9 Å². The van der Waals surface area contributed by atoms with E-state index in [1.807, 2.05) is 36.4 Å². The number of aryl methyl sites for hydroxylation is 4. The van der Waals surface area contributed by atoms with Gasteiger partial charge in [-0.15, -0.1) is 0 Å². The molecule has 0 amide bonds. The summed E-state index contributed by atoms with van der Waals surface area (Å²) in [5.41, 5.74) is 3.32. The van der Waals surface area contributed by atoms with Gasteiger partial charge in [0.2, 0.25) is 0 Å². The molecule has 0 saturated heterocycles. The van der Waals surface area contributed by atoms with Crippen molar-refractivity contribution in [2.45, 2.75) is 64.7 Å². The molecule has 0 aliphatic rings. The largest absolute Gasteiger partial charge is 0.493 e. The Balaban J connectivity index is 1.32. The lowest BCUT2D eigenvalue weighted by molar-refractivity contribution is 0.303. The van der Waals surface area contributed by atoms with Gasteiger partial charge in [0.15, 0.2) is 0 Å². The SMILES string of the molecule is CCCCCCCOc1ccc(CCc2ccc3c(F)c(CCc4ccc(F)cc4)ccc3c2)c(F)c1. The molecule has 0 radical (unpaired) electrons. The van der Waals surface area contributed by atoms with Gasteiger partial charge < -0.3 is 4.74 Å². The van der Waals surface area contributed by atoms with E-state index in [0.717, 1.165) is 29.4 Å². The molecule has 0 heterocycles. The van der Waals surface area contributed by atoms with Crippen LogP contribution < -0.4 is 4.74 Å². The molecule has 1 nitrogen and oxygen atoms in total. The summed E-state index contributed by atoms with van der Waals surface area (Å²) in [5, 5.41) is 1.42. The molecule has 0 spiro atoms. The normalized spacial score (nSPS) is 11.2. The topological polar surface area (TPSA) is 9.23 Å². The van der Waals surface area contributed by atoms with Gasteiger partial charge in [-0.2, -0.15) is 0 Å². The summed E-state index contributed by atoms with van der Waals surface area (Å²) < 4.78 is 48.6. The highest BCUT2D eigenvalue weighted by atomic mass is 19.1. The summed E-state index contributed by atoms with van der Waals surface area (Å²) in [6.07, 6.45) is 8.23. The minimum atomic E-state index is -0.270. The average Bonchev–Trinajstić information content (AvgIpc) is 2.90. The van der Waals surface area contributed by atoms with Crippen molar-refractivity contribution in [3.8, 4) is 5.75 Å². The van der Waals surface area contributed by atoms with Gasteiger partial charge in [0.25, 0.3) is 0 Å². The summed E-state index contributed by atoms with van der Waals surface area (Å²) >= 11 is 0. The van der Waals surface area contributed by atoms with E-state index in [4.69, 9.17) is 4.74 Å². The highest BCUT2D eigenvalue weighted by molar-refractivity contribution is 5.84. The third-order valence-electron chi connectivity index (χ3n) is 6.92. The first-order valence-electron chi connectivity index (χ1n) is 13.4. The van der Waals surface area contributed by atoms with E-state index < -0.39 is 0 Å². The van der Waals surface area contributed by atoms with Crippen LogP contribution in [0, 0.1) is 17.5 Å². The highest BCUT2D eigenvalue weighted by Gasteiger charge is 2.10. The second-order valence-corrected chi connectivity index (χ2v) is 9.74. The molecule has 4 aromatic rings. The van der Waals surface area contributed by atoms with Gasteiger partial charge in [-0.3, -0.25) is 0 Å². The minimum Gasteiger partial charge on any atom is -0.493 e. The van der Waals surface area contributed by atoms with Crippen LogP contribution in [0.2, 0.25) is 0 Å². The van der Waals surface area contributed by atoms with E-state index in [1.165, 1.54) is 37.5 Å². The molecule has 37 heavy (non-hydrogen) atoms. The molecule has 0 aromatic heterocycles. The van der Waals surface area contributed by atoms with Crippen LogP contribution in [0.3, 0.4) is 0 Å². The van der Waals surface area contributed by atoms with Crippen LogP contribution in [0.1, 0.15) is 61.3 Å². The van der Waals surface area contributed by atoms with E-state index in [2.05, 4.69) is 6.92 Å². The van der Waals surface area contributed by atoms with E-state index in [0.29, 0.717) is 54.6 Å². The zero-order valence-corrected chi connectivity index (χ0v) is 21.5. The second kappa shape index (κ2) is 13.3. The molecule has 0 bridgehead atoms. The van der Waals surface area contributed by atoms with Crippen molar-refractivity contribution >= 4 is 10.8 Å². The predicted octanol–water partition coefficient (Wildman–Crippen LogP) is 9.18. The lowest BCUT2D eigenvalue weighted by atomic mass is 9.97. The maximum Gasteiger partial charge on any atom is 0.134 e. The van der Waals surface area contributed by atoms with Crippen LogP contribution in [0.15, 0.2) is 72.8 Å². The smallest absolute Gasteiger partial charge is 0.134 e. The van der Waals surface area contributed by atoms with E-state index in [9.17, 15) is 8.78 Å². The molecule has 0 atom stereocenters. The molecule has 4 rings (SSSR count). The van der Waals surface area contributed by atoms with Crippen molar-refractivity contribution in [2.75, 3.05) is 6.61 Å². The van der Waals surface area contributed by atoms with Crippen LogP contribution in [-0.2, 0) is 25.7 Å². The van der Waals surface area contributed by atoms with E-state index in [1.54, 1.807) is 18.2 Å². The van der Waals surface area contributed by atoms with Crippen molar-refractivity contribution in [1.29, 1.82) is 0 Å². The molecule has 4 heteroatoms. The number of benzene rings is 4. The lowest BCUT2D eigenvalue weighted by Gasteiger charge is -2.10. The summed E-state index contributed by atoms with van der Waals surface area (Å²) in [6, 6.07) is 20.9. The number of unbranched alkanes of at least 4 members (excludes halogenated alkanes) is 4. The Morgan fingerprint density at radius 3 is 2.11 bits per heavy atom. The van der Waals surface area contributed by atoms with Crippen LogP contribution in [0.5, 0.6) is 5.75 Å². The molecule has 0 unspecified atom stereocenters. The van der Waals surface area contributed by atoms with Gasteiger partial charge in [-0.05, 0) is 77.9 Å². The first-order chi connectivity index (χ1) is 18.0. The maximum absolute atomic E-state index is 15.2. The number of fused-ring (bicyclic) bond motifs is 1. The predicted molar refractivity (Wildman–Crippen MR) is 146 cm³/mol. The van der Waals surface area contributed by atoms with Crippen LogP contribution in [-0.4, -0.2) is 6.61 Å². The summed E-state index contributed by atoms with van der Waals surface area (Å²) in [7, 11) is 0. The summed E-state index contributed by atoms with van der Waals surface area (Å²) in [6.45, 7) is 2.81. The Kier molecular flexibility index (Phi) is 9.65. The number of halogens is 3. The number of hydrogen-bond acceptors (Lipinski definition) is 1. The molecular formula is C33H35F3O. The zero-order chi connectivity index (χ0) is 26.0. The fourth-order valence-corrected chi connectivity index (χ4v) is 4.66. The van der Waals surface area contributed by atoms with Gasteiger partial charge in [0.05, 0.1) is 6.61 Å². The summed E-state index contributed by atoms with van der Waals surface area (Å²) in [5.74, 6) is -0.152. The Labute approximate surface area is 218 Å². The molecule has 0 fully saturated rings. The van der Waals surface area contributed by atoms with Gasteiger partial charge in [0, 0.05) is 11.5 Å². The second-order valence-electron chi connectivity index (χ2n) is 9.74. The van der Waals surface area contributed by atoms with Gasteiger partial charge in [-0.1, -0.05) is 81.1 Å². The molecule has 0 aliphatic carbocycles. The van der Waals surface area contributed by atoms with Crippen molar-refractivity contribution in [3.05, 3.63) is 113 Å². The third-order valence-corrected chi connectivity index (χ3v) is 6.92. The Morgan fingerprint density at radius 1 is 0.622 bits per heavy atom. The monoisotopic (exact) mass is 504 g/mol. The molecular weight excluding hydrogens is 469 g/mol. The summed E-state index contributed by atoms with van der Waals surface area (Å²) in [4.78, 5) is 0. The maximum atomic E-state index is 15.2. The standard InChI is InChI=1S/C33H35F3O/c1-2-3-4-5-6-21-37-30-19-16-26(32(35)23-30)12-8-25-11-20-31-28(22-25)15-14-27(33(31)36)13-7-24-9-17-29(34)18-10-24/h9-11,14-20,22-23H,2-8,12-13,21H2,1H3. The number of rotatable bonds is 13. The van der Waals surface area contributed by atoms with Gasteiger partial charge in [-0.25, -0.2) is 13.2 Å². The molecule has 0 N–H and O–H groups in total. The molecule has 0 saturated carbocycles. The zero-order valence-electron chi connectivity index (χ0n) is 21.5. The number of ether oxygens (including phenoxy) is 1. The van der Waals surface area contributed by atoms with Crippen molar-refractivity contribution in [3.63, 3.8) is 0 Å². The Hall–Kier alpha value is -3.27.